The van der Waals surface area contributed by atoms with Crippen molar-refractivity contribution in [2.24, 2.45) is 0 Å². The Bertz CT molecular complexity index is 1450. The molecule has 8 nitrogen and oxygen atoms in total. The largest absolute Gasteiger partial charge is 0.481 e. The van der Waals surface area contributed by atoms with Crippen molar-refractivity contribution in [1.82, 2.24) is 15.8 Å². The monoisotopic (exact) mass is 520 g/mol. The molecule has 11 heteroatoms. The summed E-state index contributed by atoms with van der Waals surface area (Å²) in [6.45, 7) is 1.56. The maximum Gasteiger partial charge on any atom is 0.426 e. The van der Waals surface area contributed by atoms with Gasteiger partial charge in [-0.3, -0.25) is 4.90 Å². The van der Waals surface area contributed by atoms with Crippen molar-refractivity contribution < 1.29 is 22.7 Å². The van der Waals surface area contributed by atoms with Crippen LogP contribution in [0.4, 0.5) is 35.2 Å². The summed E-state index contributed by atoms with van der Waals surface area (Å²) < 4.78 is 46.3. The number of carbonyl (C=O) groups is 1. The third-order valence-corrected chi connectivity index (χ3v) is 6.97. The summed E-state index contributed by atoms with van der Waals surface area (Å²) in [6, 6.07) is 16.3. The number of fused-ring (bicyclic) bond motifs is 4. The first-order valence-electron chi connectivity index (χ1n) is 12.0. The molecular weight excluding hydrogens is 497 g/mol. The van der Waals surface area contributed by atoms with Gasteiger partial charge in [-0.1, -0.05) is 30.2 Å². The predicted octanol–water partition coefficient (Wildman–Crippen LogP) is 4.21. The molecule has 0 unspecified atom stereocenters. The van der Waals surface area contributed by atoms with Crippen LogP contribution >= 0.6 is 0 Å². The second-order valence-corrected chi connectivity index (χ2v) is 9.33. The lowest BCUT2D eigenvalue weighted by Crippen LogP contribution is -2.48. The number of terminal acetylenes is 1. The molecule has 1 aromatic heterocycles. The van der Waals surface area contributed by atoms with E-state index < -0.39 is 11.8 Å². The summed E-state index contributed by atoms with van der Waals surface area (Å²) in [6.07, 6.45) is 1.51. The van der Waals surface area contributed by atoms with Crippen LogP contribution in [0.5, 0.6) is 5.75 Å². The summed E-state index contributed by atoms with van der Waals surface area (Å²) in [5.74, 6) is 3.40. The number of carbonyl (C=O) groups excluding carboxylic acids is 1. The van der Waals surface area contributed by atoms with Gasteiger partial charge < -0.3 is 15.0 Å². The molecule has 194 valence electrons. The minimum absolute atomic E-state index is 0.0346. The maximum absolute atomic E-state index is 13.6. The molecule has 3 N–H and O–H groups in total. The van der Waals surface area contributed by atoms with E-state index in [-0.39, 0.29) is 24.2 Å². The predicted molar refractivity (Wildman–Crippen MR) is 137 cm³/mol. The Labute approximate surface area is 216 Å². The SMILES string of the molecule is C#CCOc1cccc(NC(=O)N2c3nc(-c4cccc(C5(C(F)(F)F)NN5)c4)ccc3N3CC[C@H]2C3)c1. The van der Waals surface area contributed by atoms with Crippen LogP contribution in [-0.4, -0.2) is 42.9 Å². The third-order valence-electron chi connectivity index (χ3n) is 6.97. The molecule has 3 aliphatic heterocycles. The maximum atomic E-state index is 13.6. The number of pyridine rings is 1. The highest BCUT2D eigenvalue weighted by molar-refractivity contribution is 6.04. The number of hydrogen-bond acceptors (Lipinski definition) is 6. The average molecular weight is 521 g/mol. The van der Waals surface area contributed by atoms with Crippen LogP contribution in [0.1, 0.15) is 12.0 Å². The van der Waals surface area contributed by atoms with E-state index in [0.717, 1.165) is 18.7 Å². The Balaban J connectivity index is 1.32. The van der Waals surface area contributed by atoms with Crippen molar-refractivity contribution in [3.05, 3.63) is 66.2 Å². The highest BCUT2D eigenvalue weighted by Gasteiger charge is 2.65. The van der Waals surface area contributed by atoms with Crippen molar-refractivity contribution in [3.8, 4) is 29.4 Å². The highest BCUT2D eigenvalue weighted by atomic mass is 19.4. The molecule has 3 aromatic rings. The zero-order valence-corrected chi connectivity index (χ0v) is 20.0. The van der Waals surface area contributed by atoms with Crippen molar-refractivity contribution in [2.45, 2.75) is 24.3 Å². The van der Waals surface area contributed by atoms with Gasteiger partial charge in [0.2, 0.25) is 5.66 Å². The first kappa shape index (κ1) is 24.1. The lowest BCUT2D eigenvalue weighted by molar-refractivity contribution is -0.165. The van der Waals surface area contributed by atoms with Gasteiger partial charge in [-0.2, -0.15) is 13.2 Å². The molecule has 2 aromatic carbocycles. The molecule has 0 saturated carbocycles. The zero-order chi connectivity index (χ0) is 26.5. The van der Waals surface area contributed by atoms with Crippen molar-refractivity contribution in [1.29, 1.82) is 0 Å². The Morgan fingerprint density at radius 3 is 2.76 bits per heavy atom. The van der Waals surface area contributed by atoms with Gasteiger partial charge >= 0.3 is 12.2 Å². The van der Waals surface area contributed by atoms with Gasteiger partial charge in [-0.05, 0) is 42.3 Å². The van der Waals surface area contributed by atoms with E-state index in [0.29, 0.717) is 35.1 Å². The number of hydrazine groups is 1. The molecule has 2 saturated heterocycles. The summed E-state index contributed by atoms with van der Waals surface area (Å²) in [5.41, 5.74) is 4.54. The first-order chi connectivity index (χ1) is 18.3. The number of rotatable bonds is 5. The lowest BCUT2D eigenvalue weighted by atomic mass is 9.99. The molecule has 0 spiro atoms. The van der Waals surface area contributed by atoms with Crippen LogP contribution in [0, 0.1) is 12.3 Å². The van der Waals surface area contributed by atoms with E-state index in [1.807, 2.05) is 6.07 Å². The van der Waals surface area contributed by atoms with E-state index >= 15 is 0 Å². The van der Waals surface area contributed by atoms with E-state index in [1.165, 1.54) is 12.1 Å². The molecule has 38 heavy (non-hydrogen) atoms. The first-order valence-corrected chi connectivity index (χ1v) is 12.0. The van der Waals surface area contributed by atoms with Gasteiger partial charge in [0, 0.05) is 30.4 Å². The summed E-state index contributed by atoms with van der Waals surface area (Å²) in [7, 11) is 0. The van der Waals surface area contributed by atoms with Gasteiger partial charge in [0.05, 0.1) is 17.4 Å². The van der Waals surface area contributed by atoms with Crippen molar-refractivity contribution in [2.75, 3.05) is 34.8 Å². The van der Waals surface area contributed by atoms with E-state index in [2.05, 4.69) is 27.0 Å². The number of benzene rings is 2. The number of hydrogen-bond donors (Lipinski definition) is 3. The molecule has 6 rings (SSSR count). The fourth-order valence-corrected chi connectivity index (χ4v) is 5.03. The molecule has 2 bridgehead atoms. The molecule has 2 amide bonds. The van der Waals surface area contributed by atoms with Gasteiger partial charge in [0.1, 0.15) is 12.4 Å². The smallest absolute Gasteiger partial charge is 0.426 e. The number of aromatic nitrogens is 1. The zero-order valence-electron chi connectivity index (χ0n) is 20.0. The van der Waals surface area contributed by atoms with Crippen LogP contribution in [0.3, 0.4) is 0 Å². The molecule has 3 aliphatic rings. The standard InChI is InChI=1S/C27H23F3N6O2/c1-2-13-38-21-8-4-7-19(15-21)31-25(37)36-20-11-12-35(16-20)23-10-9-22(32-24(23)36)17-5-3-6-18(14-17)26(33-34-26)27(28,29)30/h1,3-10,14-15,20,33-34H,11-13,16H2,(H,31,37)/t20-/m0/s1. The molecule has 1 atom stereocenters. The number of nitrogens with one attached hydrogen (secondary N) is 3. The van der Waals surface area contributed by atoms with Crippen molar-refractivity contribution >= 4 is 23.2 Å². The second kappa shape index (κ2) is 8.93. The number of alkyl halides is 3. The van der Waals surface area contributed by atoms with Gasteiger partial charge in [-0.15, -0.1) is 6.42 Å². The van der Waals surface area contributed by atoms with Crippen LogP contribution in [-0.2, 0) is 5.66 Å². The average Bonchev–Trinajstić information content (AvgIpc) is 3.64. The molecule has 4 heterocycles. The minimum Gasteiger partial charge on any atom is -0.481 e. The Hall–Kier alpha value is -4.27. The van der Waals surface area contributed by atoms with E-state index in [1.54, 1.807) is 47.4 Å². The van der Waals surface area contributed by atoms with Gasteiger partial charge in [-0.25, -0.2) is 20.6 Å². The van der Waals surface area contributed by atoms with Crippen LogP contribution in [0.2, 0.25) is 0 Å². The number of urea groups is 1. The number of anilines is 3. The van der Waals surface area contributed by atoms with Crippen LogP contribution in [0.25, 0.3) is 11.3 Å². The number of nitrogens with zero attached hydrogens (tertiary/aromatic N) is 3. The van der Waals surface area contributed by atoms with Crippen LogP contribution < -0.4 is 30.7 Å². The summed E-state index contributed by atoms with van der Waals surface area (Å²) in [5, 5.41) is 2.92. The lowest BCUT2D eigenvalue weighted by Gasteiger charge is -2.36. The third kappa shape index (κ3) is 4.08. The van der Waals surface area contributed by atoms with E-state index in [4.69, 9.17) is 16.1 Å². The molecular formula is C27H23F3N6O2. The summed E-state index contributed by atoms with van der Waals surface area (Å²) in [4.78, 5) is 22.1. The minimum atomic E-state index is -4.51. The highest BCUT2D eigenvalue weighted by Crippen LogP contribution is 2.44. The van der Waals surface area contributed by atoms with Crippen LogP contribution in [0.15, 0.2) is 60.7 Å². The normalized spacial score (nSPS) is 18.9. The van der Waals surface area contributed by atoms with E-state index in [9.17, 15) is 18.0 Å². The Morgan fingerprint density at radius 1 is 1.18 bits per heavy atom. The molecule has 0 radical (unpaired) electrons. The second-order valence-electron chi connectivity index (χ2n) is 9.33. The number of halogens is 3. The topological polar surface area (TPSA) is 102 Å². The molecule has 0 aliphatic carbocycles. The summed E-state index contributed by atoms with van der Waals surface area (Å²) >= 11 is 0. The molecule has 2 fully saturated rings. The van der Waals surface area contributed by atoms with Crippen molar-refractivity contribution in [3.63, 3.8) is 0 Å². The fourth-order valence-electron chi connectivity index (χ4n) is 5.03. The quantitative estimate of drug-likeness (QED) is 0.344. The number of amides is 2. The van der Waals surface area contributed by atoms with Gasteiger partial charge in [0.15, 0.2) is 5.82 Å². The Kier molecular flexibility index (Phi) is 5.66. The number of ether oxygens (including phenoxy) is 1. The fraction of sp³-hybridized carbons (Fsp3) is 0.259. The Morgan fingerprint density at radius 2 is 2.00 bits per heavy atom. The van der Waals surface area contributed by atoms with Gasteiger partial charge in [0.25, 0.3) is 0 Å².